The Bertz CT molecular complexity index is 380. The number of allylic oxidation sites excluding steroid dienone is 7. The van der Waals surface area contributed by atoms with Gasteiger partial charge in [-0.3, -0.25) is 0 Å². The molecule has 1 rings (SSSR count). The van der Waals surface area contributed by atoms with E-state index in [0.717, 1.165) is 25.0 Å². The molecule has 0 nitrogen and oxygen atoms in total. The fraction of sp³-hybridized carbons (Fsp3) is 0.375. The molecule has 0 radical (unpaired) electrons. The highest BCUT2D eigenvalue weighted by atomic mass is 32.2. The largest absolute Gasteiger partial charge is 0.127 e. The Balaban J connectivity index is 2.40. The van der Waals surface area contributed by atoms with E-state index in [4.69, 9.17) is 0 Å². The zero-order chi connectivity index (χ0) is 12.7. The Morgan fingerprint density at radius 1 is 1.35 bits per heavy atom. The second-order valence-electron chi connectivity index (χ2n) is 4.54. The lowest BCUT2D eigenvalue weighted by molar-refractivity contribution is 0.931. The lowest BCUT2D eigenvalue weighted by Gasteiger charge is -2.08. The van der Waals surface area contributed by atoms with Gasteiger partial charge in [-0.1, -0.05) is 48.6 Å². The highest BCUT2D eigenvalue weighted by molar-refractivity contribution is 8.03. The van der Waals surface area contributed by atoms with Crippen molar-refractivity contribution in [3.63, 3.8) is 0 Å². The third kappa shape index (κ3) is 5.78. The zero-order valence-electron chi connectivity index (χ0n) is 11.0. The molecule has 0 heterocycles. The van der Waals surface area contributed by atoms with E-state index in [-0.39, 0.29) is 0 Å². The summed E-state index contributed by atoms with van der Waals surface area (Å²) in [4.78, 5) is 1.17. The van der Waals surface area contributed by atoms with Crippen LogP contribution in [-0.4, -0.2) is 5.75 Å². The van der Waals surface area contributed by atoms with E-state index in [9.17, 15) is 0 Å². The minimum absolute atomic E-state index is 1.00. The Hall–Kier alpha value is -0.950. The molecule has 0 bridgehead atoms. The Morgan fingerprint density at radius 2 is 2.12 bits per heavy atom. The van der Waals surface area contributed by atoms with Gasteiger partial charge in [-0.25, -0.2) is 0 Å². The van der Waals surface area contributed by atoms with E-state index in [1.54, 1.807) is 11.8 Å². The van der Waals surface area contributed by atoms with Gasteiger partial charge in [-0.15, -0.1) is 11.8 Å². The summed E-state index contributed by atoms with van der Waals surface area (Å²) in [6.07, 6.45) is 12.0. The van der Waals surface area contributed by atoms with Crippen LogP contribution >= 0.6 is 11.8 Å². The molecule has 0 aromatic heterocycles. The van der Waals surface area contributed by atoms with Gasteiger partial charge in [0, 0.05) is 5.75 Å². The highest BCUT2D eigenvalue weighted by Crippen LogP contribution is 2.23. The maximum atomic E-state index is 4.14. The summed E-state index contributed by atoms with van der Waals surface area (Å²) in [6.45, 7) is 12.3. The molecule has 0 amide bonds. The van der Waals surface area contributed by atoms with Crippen molar-refractivity contribution in [2.24, 2.45) is 0 Å². The normalized spacial score (nSPS) is 14.9. The van der Waals surface area contributed by atoms with Gasteiger partial charge in [0.1, 0.15) is 0 Å². The molecule has 0 aromatic carbocycles. The Morgan fingerprint density at radius 3 is 2.82 bits per heavy atom. The molecule has 0 saturated heterocycles. The number of rotatable bonds is 6. The van der Waals surface area contributed by atoms with Crippen molar-refractivity contribution in [3.8, 4) is 0 Å². The molecule has 17 heavy (non-hydrogen) atoms. The summed E-state index contributed by atoms with van der Waals surface area (Å²) in [5, 5.41) is 0. The van der Waals surface area contributed by atoms with Gasteiger partial charge in [0.2, 0.25) is 0 Å². The zero-order valence-corrected chi connectivity index (χ0v) is 11.8. The van der Waals surface area contributed by atoms with Crippen molar-refractivity contribution < 1.29 is 0 Å². The molecule has 0 fully saturated rings. The van der Waals surface area contributed by atoms with E-state index in [2.05, 4.69) is 44.4 Å². The van der Waals surface area contributed by atoms with Crippen molar-refractivity contribution >= 4 is 11.8 Å². The van der Waals surface area contributed by atoms with Crippen molar-refractivity contribution in [3.05, 3.63) is 59.1 Å². The minimum Gasteiger partial charge on any atom is -0.127 e. The molecule has 1 aliphatic rings. The molecule has 92 valence electrons. The molecular formula is C16H22S. The monoisotopic (exact) mass is 246 g/mol. The van der Waals surface area contributed by atoms with Crippen LogP contribution in [-0.2, 0) is 0 Å². The predicted octanol–water partition coefficient (Wildman–Crippen LogP) is 5.42. The Kier molecular flexibility index (Phi) is 6.13. The fourth-order valence-electron chi connectivity index (χ4n) is 1.67. The van der Waals surface area contributed by atoms with Crippen LogP contribution in [0.3, 0.4) is 0 Å². The van der Waals surface area contributed by atoms with Crippen molar-refractivity contribution in [2.75, 3.05) is 5.75 Å². The molecule has 1 heteroatoms. The Labute approximate surface area is 110 Å². The standard InChI is InChI=1S/C16H22S/c1-13(2)17-12-14(3)10-11-16-9-7-5-6-8-15(16)4/h5-7,9H,1,3,8,10-12H2,2,4H3. The number of hydrogen-bond donors (Lipinski definition) is 0. The van der Waals surface area contributed by atoms with Gasteiger partial charge in [-0.2, -0.15) is 0 Å². The van der Waals surface area contributed by atoms with Crippen LogP contribution in [0.15, 0.2) is 59.1 Å². The van der Waals surface area contributed by atoms with Crippen LogP contribution in [0.4, 0.5) is 0 Å². The maximum Gasteiger partial charge on any atom is 0.0184 e. The van der Waals surface area contributed by atoms with E-state index in [1.165, 1.54) is 21.6 Å². The van der Waals surface area contributed by atoms with Gasteiger partial charge in [-0.05, 0) is 43.6 Å². The lowest BCUT2D eigenvalue weighted by atomic mass is 10.0. The van der Waals surface area contributed by atoms with E-state index in [1.807, 2.05) is 6.92 Å². The first-order chi connectivity index (χ1) is 8.09. The van der Waals surface area contributed by atoms with Crippen LogP contribution in [0.2, 0.25) is 0 Å². The maximum absolute atomic E-state index is 4.14. The van der Waals surface area contributed by atoms with Gasteiger partial charge in [0.25, 0.3) is 0 Å². The van der Waals surface area contributed by atoms with Gasteiger partial charge in [0.15, 0.2) is 0 Å². The van der Waals surface area contributed by atoms with Gasteiger partial charge >= 0.3 is 0 Å². The van der Waals surface area contributed by atoms with Crippen molar-refractivity contribution in [1.82, 2.24) is 0 Å². The number of hydrogen-bond acceptors (Lipinski definition) is 1. The molecule has 1 aliphatic carbocycles. The van der Waals surface area contributed by atoms with Crippen LogP contribution in [0.5, 0.6) is 0 Å². The van der Waals surface area contributed by atoms with Gasteiger partial charge in [0.05, 0.1) is 0 Å². The summed E-state index contributed by atoms with van der Waals surface area (Å²) < 4.78 is 0. The third-order valence-electron chi connectivity index (χ3n) is 2.79. The molecule has 0 aromatic rings. The molecule has 0 unspecified atom stereocenters. The summed E-state index contributed by atoms with van der Waals surface area (Å²) >= 11 is 1.79. The first-order valence-corrected chi connectivity index (χ1v) is 7.05. The predicted molar refractivity (Wildman–Crippen MR) is 81.2 cm³/mol. The lowest BCUT2D eigenvalue weighted by Crippen LogP contribution is -1.90. The van der Waals surface area contributed by atoms with E-state index >= 15 is 0 Å². The second kappa shape index (κ2) is 7.39. The topological polar surface area (TPSA) is 0 Å². The number of thioether (sulfide) groups is 1. The first kappa shape index (κ1) is 14.1. The smallest absolute Gasteiger partial charge is 0.0184 e. The molecule has 0 atom stereocenters. The molecular weight excluding hydrogens is 224 g/mol. The van der Waals surface area contributed by atoms with Crippen molar-refractivity contribution in [1.29, 1.82) is 0 Å². The summed E-state index contributed by atoms with van der Waals surface area (Å²) in [5.41, 5.74) is 4.26. The summed E-state index contributed by atoms with van der Waals surface area (Å²) in [6, 6.07) is 0. The van der Waals surface area contributed by atoms with Gasteiger partial charge < -0.3 is 0 Å². The quantitative estimate of drug-likeness (QED) is 0.564. The van der Waals surface area contributed by atoms with Crippen LogP contribution < -0.4 is 0 Å². The first-order valence-electron chi connectivity index (χ1n) is 6.06. The average Bonchev–Trinajstić information content (AvgIpc) is 2.48. The van der Waals surface area contributed by atoms with E-state index in [0.29, 0.717) is 0 Å². The van der Waals surface area contributed by atoms with Crippen LogP contribution in [0, 0.1) is 0 Å². The van der Waals surface area contributed by atoms with Crippen molar-refractivity contribution in [2.45, 2.75) is 33.1 Å². The SMILES string of the molecule is C=C(CCC1=C(C)CC=CC=C1)CSC(=C)C. The molecule has 0 aliphatic heterocycles. The summed E-state index contributed by atoms with van der Waals surface area (Å²) in [7, 11) is 0. The minimum atomic E-state index is 1.00. The third-order valence-corrected chi connectivity index (χ3v) is 3.83. The second-order valence-corrected chi connectivity index (χ2v) is 5.81. The molecule has 0 saturated carbocycles. The van der Waals surface area contributed by atoms with E-state index < -0.39 is 0 Å². The highest BCUT2D eigenvalue weighted by Gasteiger charge is 2.02. The molecule has 0 spiro atoms. The van der Waals surface area contributed by atoms with Crippen LogP contribution in [0.25, 0.3) is 0 Å². The fourth-order valence-corrected chi connectivity index (χ4v) is 2.27. The molecule has 0 N–H and O–H groups in total. The summed E-state index contributed by atoms with van der Waals surface area (Å²) in [5.74, 6) is 1.00. The average molecular weight is 246 g/mol. The van der Waals surface area contributed by atoms with Crippen LogP contribution in [0.1, 0.15) is 33.1 Å².